The highest BCUT2D eigenvalue weighted by atomic mass is 16.5. The third-order valence-corrected chi connectivity index (χ3v) is 10.1. The number of hydrogen-bond donors (Lipinski definition) is 4. The number of likely N-dealkylation sites (tertiary alicyclic amines) is 2. The van der Waals surface area contributed by atoms with E-state index in [0.717, 1.165) is 59.2 Å². The molecule has 4 aromatic rings. The molecule has 14 nitrogen and oxygen atoms in total. The van der Waals surface area contributed by atoms with Crippen molar-refractivity contribution in [3.8, 4) is 23.0 Å². The smallest absolute Gasteiger partial charge is 0.407 e. The van der Waals surface area contributed by atoms with E-state index in [1.54, 1.807) is 11.1 Å². The molecular formula is C40H48N8O6. The van der Waals surface area contributed by atoms with Crippen molar-refractivity contribution in [2.24, 2.45) is 11.8 Å². The van der Waals surface area contributed by atoms with Gasteiger partial charge in [0.25, 0.3) is 0 Å². The number of alkyl carbamates (subject to hydrolysis) is 2. The number of aromatic nitrogens is 4. The molecule has 2 saturated heterocycles. The maximum atomic E-state index is 13.6. The number of aromatic amines is 2. The van der Waals surface area contributed by atoms with Crippen LogP contribution in [0.1, 0.15) is 88.4 Å². The topological polar surface area (TPSA) is 175 Å². The predicted octanol–water partition coefficient (Wildman–Crippen LogP) is 5.44. The summed E-state index contributed by atoms with van der Waals surface area (Å²) in [5, 5.41) is 5.37. The van der Waals surface area contributed by atoms with Crippen molar-refractivity contribution >= 4 is 35.0 Å². The molecule has 0 bridgehead atoms. The molecular weight excluding hydrogens is 688 g/mol. The standard InChI is InChI=1S/C40H48N8O6/c1-23(2)33(45-39(51)53-5)37(49)47-19-7-9-31(47)35-41-22-28(42-35)17-13-25-11-14-26(15-12-25)27-16-18-29-30(21-27)44-36(43-29)32-10-8-20-48(32)38(50)34(24(3)4)46-40(52)54-6/h11-12,14-16,18,21-24,31-34H,7-10,19-20H2,1-6H3,(H,41,42)(H,43,44)(H,45,51)(H,46,52)/t31?,32-,33+,34+/m0/s1. The number of fused-ring (bicyclic) bond motifs is 1. The highest BCUT2D eigenvalue weighted by molar-refractivity contribution is 5.87. The van der Waals surface area contributed by atoms with Crippen molar-refractivity contribution in [1.82, 2.24) is 40.4 Å². The lowest BCUT2D eigenvalue weighted by Crippen LogP contribution is -2.51. The van der Waals surface area contributed by atoms with E-state index in [4.69, 9.17) is 14.5 Å². The Hall–Kier alpha value is -5.84. The number of ether oxygens (including phenoxy) is 2. The predicted molar refractivity (Wildman–Crippen MR) is 202 cm³/mol. The maximum absolute atomic E-state index is 13.6. The van der Waals surface area contributed by atoms with Gasteiger partial charge in [0, 0.05) is 18.7 Å². The summed E-state index contributed by atoms with van der Waals surface area (Å²) in [6.07, 6.45) is 3.63. The fraction of sp³-hybridized carbons (Fsp3) is 0.450. The van der Waals surface area contributed by atoms with Gasteiger partial charge in [-0.25, -0.2) is 19.6 Å². The van der Waals surface area contributed by atoms with E-state index in [9.17, 15) is 19.2 Å². The number of carbonyl (C=O) groups is 4. The zero-order chi connectivity index (χ0) is 38.5. The summed E-state index contributed by atoms with van der Waals surface area (Å²) >= 11 is 0. The molecule has 4 heterocycles. The Morgan fingerprint density at radius 2 is 1.31 bits per heavy atom. The SMILES string of the molecule is COC(=O)N[C@@H](C(=O)N1CCCC1c1ncc(C#Cc2ccc(-c3ccc4nc([C@@H]5CCCN5C(=O)[C@H](NC(=O)OC)C(C)C)[nH]c4c3)cc2)[nH]1)C(C)C. The fourth-order valence-electron chi connectivity index (χ4n) is 7.21. The first-order valence-electron chi connectivity index (χ1n) is 18.4. The van der Waals surface area contributed by atoms with Crippen molar-refractivity contribution in [2.75, 3.05) is 27.3 Å². The van der Waals surface area contributed by atoms with Crippen LogP contribution in [-0.2, 0) is 19.1 Å². The van der Waals surface area contributed by atoms with Gasteiger partial charge in [-0.15, -0.1) is 0 Å². The summed E-state index contributed by atoms with van der Waals surface area (Å²) < 4.78 is 9.49. The van der Waals surface area contributed by atoms with Crippen LogP contribution in [-0.4, -0.2) is 93.1 Å². The lowest BCUT2D eigenvalue weighted by Gasteiger charge is -2.29. The third kappa shape index (κ3) is 8.20. The van der Waals surface area contributed by atoms with Gasteiger partial charge < -0.3 is 39.9 Å². The molecule has 4 amide bonds. The van der Waals surface area contributed by atoms with E-state index >= 15 is 0 Å². The molecule has 0 aliphatic carbocycles. The summed E-state index contributed by atoms with van der Waals surface area (Å²) in [6, 6.07) is 12.2. The molecule has 0 saturated carbocycles. The van der Waals surface area contributed by atoms with Crippen LogP contribution >= 0.6 is 0 Å². The van der Waals surface area contributed by atoms with Gasteiger partial charge in [0.15, 0.2) is 0 Å². The molecule has 1 unspecified atom stereocenters. The first-order chi connectivity index (χ1) is 26.0. The summed E-state index contributed by atoms with van der Waals surface area (Å²) in [7, 11) is 2.57. The average molecular weight is 737 g/mol. The molecule has 2 aromatic heterocycles. The van der Waals surface area contributed by atoms with Crippen LogP contribution in [0.15, 0.2) is 48.7 Å². The molecule has 2 aliphatic heterocycles. The van der Waals surface area contributed by atoms with Crippen molar-refractivity contribution in [1.29, 1.82) is 0 Å². The summed E-state index contributed by atoms with van der Waals surface area (Å²) in [6.45, 7) is 8.74. The first kappa shape index (κ1) is 37.9. The van der Waals surface area contributed by atoms with Gasteiger partial charge in [0.1, 0.15) is 29.4 Å². The molecule has 2 aromatic carbocycles. The normalized spacial score (nSPS) is 18.0. The van der Waals surface area contributed by atoms with Crippen LogP contribution in [0.3, 0.4) is 0 Å². The molecule has 2 fully saturated rings. The second-order valence-corrected chi connectivity index (χ2v) is 14.5. The van der Waals surface area contributed by atoms with Gasteiger partial charge >= 0.3 is 12.2 Å². The summed E-state index contributed by atoms with van der Waals surface area (Å²) in [5.41, 5.74) is 5.18. The molecule has 2 aliphatic rings. The highest BCUT2D eigenvalue weighted by Gasteiger charge is 2.39. The average Bonchev–Trinajstić information content (AvgIpc) is 4.00. The van der Waals surface area contributed by atoms with Gasteiger partial charge in [-0.3, -0.25) is 9.59 Å². The van der Waals surface area contributed by atoms with Crippen molar-refractivity contribution in [2.45, 2.75) is 77.5 Å². The second-order valence-electron chi connectivity index (χ2n) is 14.5. The molecule has 0 spiro atoms. The number of carbonyl (C=O) groups excluding carboxylic acids is 4. The second kappa shape index (κ2) is 16.4. The molecule has 284 valence electrons. The van der Waals surface area contributed by atoms with Crippen LogP contribution in [0.4, 0.5) is 9.59 Å². The maximum Gasteiger partial charge on any atom is 0.407 e. The minimum atomic E-state index is -0.698. The van der Waals surface area contributed by atoms with Gasteiger partial charge in [-0.2, -0.15) is 0 Å². The van der Waals surface area contributed by atoms with Crippen molar-refractivity contribution in [3.05, 3.63) is 71.6 Å². The zero-order valence-corrected chi connectivity index (χ0v) is 31.6. The monoisotopic (exact) mass is 736 g/mol. The number of H-pyrrole nitrogens is 2. The van der Waals surface area contributed by atoms with Crippen LogP contribution in [0.25, 0.3) is 22.2 Å². The third-order valence-electron chi connectivity index (χ3n) is 10.1. The highest BCUT2D eigenvalue weighted by Crippen LogP contribution is 2.34. The Morgan fingerprint density at radius 3 is 1.87 bits per heavy atom. The minimum Gasteiger partial charge on any atom is -0.453 e. The van der Waals surface area contributed by atoms with Crippen LogP contribution in [0.2, 0.25) is 0 Å². The number of imidazole rings is 2. The van der Waals surface area contributed by atoms with E-state index in [1.807, 2.05) is 69.0 Å². The van der Waals surface area contributed by atoms with Crippen molar-refractivity contribution < 1.29 is 28.7 Å². The fourth-order valence-corrected chi connectivity index (χ4v) is 7.21. The largest absolute Gasteiger partial charge is 0.453 e. The van der Waals surface area contributed by atoms with Gasteiger partial charge in [-0.05, 0) is 78.8 Å². The summed E-state index contributed by atoms with van der Waals surface area (Å²) in [4.78, 5) is 70.6. The Labute approximate surface area is 314 Å². The van der Waals surface area contributed by atoms with Gasteiger partial charge in [0.2, 0.25) is 11.8 Å². The number of amides is 4. The lowest BCUT2D eigenvalue weighted by molar-refractivity contribution is -0.136. The minimum absolute atomic E-state index is 0.110. The molecule has 14 heteroatoms. The lowest BCUT2D eigenvalue weighted by atomic mass is 10.0. The number of rotatable bonds is 9. The Bertz CT molecular complexity index is 2060. The Kier molecular flexibility index (Phi) is 11.5. The van der Waals surface area contributed by atoms with E-state index in [1.165, 1.54) is 14.2 Å². The molecule has 0 radical (unpaired) electrons. The Morgan fingerprint density at radius 1 is 0.759 bits per heavy atom. The van der Waals surface area contributed by atoms with E-state index in [2.05, 4.69) is 43.5 Å². The molecule has 4 N–H and O–H groups in total. The molecule has 6 rings (SSSR count). The van der Waals surface area contributed by atoms with Gasteiger partial charge in [0.05, 0.1) is 43.5 Å². The number of benzene rings is 2. The zero-order valence-electron chi connectivity index (χ0n) is 31.6. The number of hydrogen-bond acceptors (Lipinski definition) is 8. The molecule has 54 heavy (non-hydrogen) atoms. The number of nitrogens with one attached hydrogen (secondary N) is 4. The van der Waals surface area contributed by atoms with E-state index in [0.29, 0.717) is 24.6 Å². The molecule has 4 atom stereocenters. The van der Waals surface area contributed by atoms with Crippen LogP contribution in [0.5, 0.6) is 0 Å². The van der Waals surface area contributed by atoms with Crippen LogP contribution < -0.4 is 10.6 Å². The summed E-state index contributed by atoms with van der Waals surface area (Å²) in [5.74, 6) is 7.23. The van der Waals surface area contributed by atoms with E-state index < -0.39 is 24.3 Å². The van der Waals surface area contributed by atoms with Gasteiger partial charge in [-0.1, -0.05) is 51.8 Å². The van der Waals surface area contributed by atoms with Crippen molar-refractivity contribution in [3.63, 3.8) is 0 Å². The quantitative estimate of drug-likeness (QED) is 0.164. The van der Waals surface area contributed by atoms with E-state index in [-0.39, 0.29) is 35.7 Å². The first-order valence-corrected chi connectivity index (χ1v) is 18.4. The Balaban J connectivity index is 1.12. The number of nitrogens with zero attached hydrogens (tertiary/aromatic N) is 4. The number of methoxy groups -OCH3 is 2. The van der Waals surface area contributed by atoms with Crippen LogP contribution in [0, 0.1) is 23.7 Å².